The highest BCUT2D eigenvalue weighted by atomic mass is 32.2. The highest BCUT2D eigenvalue weighted by molar-refractivity contribution is 7.89. The predicted octanol–water partition coefficient (Wildman–Crippen LogP) is 0.376. The number of nitrogens with two attached hydrogens (primary N) is 1. The van der Waals surface area contributed by atoms with Gasteiger partial charge in [0, 0.05) is 6.54 Å². The first-order valence-electron chi connectivity index (χ1n) is 8.76. The van der Waals surface area contributed by atoms with Gasteiger partial charge in [-0.3, -0.25) is 4.79 Å². The number of para-hydroxylation sites is 2. The fourth-order valence-electron chi connectivity index (χ4n) is 2.61. The summed E-state index contributed by atoms with van der Waals surface area (Å²) in [6.07, 6.45) is -0.462. The first-order chi connectivity index (χ1) is 13.8. The first kappa shape index (κ1) is 20.6. The first-order valence-corrected chi connectivity index (χ1v) is 10.3. The highest BCUT2D eigenvalue weighted by Crippen LogP contribution is 2.31. The van der Waals surface area contributed by atoms with Gasteiger partial charge in [0.25, 0.3) is 5.91 Å². The summed E-state index contributed by atoms with van der Waals surface area (Å²) in [5, 5.41) is 7.66. The van der Waals surface area contributed by atoms with Gasteiger partial charge < -0.3 is 19.5 Å². The van der Waals surface area contributed by atoms with Crippen molar-refractivity contribution in [3.8, 4) is 11.5 Å². The third kappa shape index (κ3) is 5.69. The van der Waals surface area contributed by atoms with E-state index < -0.39 is 34.6 Å². The lowest BCUT2D eigenvalue weighted by Gasteiger charge is -2.24. The van der Waals surface area contributed by atoms with Gasteiger partial charge in [0.15, 0.2) is 18.1 Å². The largest absolute Gasteiger partial charge is 0.485 e. The van der Waals surface area contributed by atoms with Crippen LogP contribution >= 0.6 is 0 Å². The number of benzene rings is 2. The van der Waals surface area contributed by atoms with E-state index in [1.807, 2.05) is 0 Å². The normalized spacial score (nSPS) is 15.4. The van der Waals surface area contributed by atoms with Crippen molar-refractivity contribution >= 4 is 21.9 Å². The molecule has 1 amide bonds. The zero-order chi connectivity index (χ0) is 20.9. The second-order valence-corrected chi connectivity index (χ2v) is 7.82. The molecule has 9 nitrogen and oxygen atoms in total. The summed E-state index contributed by atoms with van der Waals surface area (Å²) < 4.78 is 38.4. The molecular formula is C19H20N2O7S. The quantitative estimate of drug-likeness (QED) is 0.618. The number of fused-ring (bicyclic) bond motifs is 1. The molecule has 1 aliphatic heterocycles. The van der Waals surface area contributed by atoms with Crippen LogP contribution in [0.2, 0.25) is 0 Å². The average molecular weight is 420 g/mol. The molecule has 3 rings (SSSR count). The van der Waals surface area contributed by atoms with E-state index in [1.54, 1.807) is 36.4 Å². The summed E-state index contributed by atoms with van der Waals surface area (Å²) >= 11 is 0. The highest BCUT2D eigenvalue weighted by Gasteiger charge is 2.29. The average Bonchev–Trinajstić information content (AvgIpc) is 2.71. The maximum atomic E-state index is 12.1. The van der Waals surface area contributed by atoms with Gasteiger partial charge in [0.1, 0.15) is 6.61 Å². The Hall–Kier alpha value is -3.11. The lowest BCUT2D eigenvalue weighted by molar-refractivity contribution is -0.157. The Labute approximate surface area is 167 Å². The molecule has 0 aromatic heterocycles. The molecule has 1 aliphatic rings. The molecule has 2 aromatic carbocycles. The number of carbonyl (C=O) groups is 2. The summed E-state index contributed by atoms with van der Waals surface area (Å²) in [7, 11) is -3.73. The summed E-state index contributed by atoms with van der Waals surface area (Å²) in [6, 6.07) is 13.0. The van der Waals surface area contributed by atoms with Gasteiger partial charge in [-0.15, -0.1) is 0 Å². The zero-order valence-electron chi connectivity index (χ0n) is 15.4. The van der Waals surface area contributed by atoms with Crippen LogP contribution in [0, 0.1) is 0 Å². The summed E-state index contributed by atoms with van der Waals surface area (Å²) in [4.78, 5) is 23.9. The Bertz CT molecular complexity index is 990. The Morgan fingerprint density at radius 1 is 1.10 bits per heavy atom. The molecule has 0 fully saturated rings. The van der Waals surface area contributed by atoms with Crippen LogP contribution in [0.1, 0.15) is 5.56 Å². The molecule has 154 valence electrons. The lowest BCUT2D eigenvalue weighted by Crippen LogP contribution is -2.39. The van der Waals surface area contributed by atoms with Crippen LogP contribution in [0.5, 0.6) is 11.5 Å². The zero-order valence-corrected chi connectivity index (χ0v) is 16.2. The van der Waals surface area contributed by atoms with E-state index in [9.17, 15) is 18.0 Å². The van der Waals surface area contributed by atoms with Crippen LogP contribution in [0.25, 0.3) is 0 Å². The van der Waals surface area contributed by atoms with Crippen molar-refractivity contribution in [3.05, 3.63) is 54.1 Å². The van der Waals surface area contributed by atoms with Crippen molar-refractivity contribution < 1.29 is 32.2 Å². The van der Waals surface area contributed by atoms with Crippen LogP contribution < -0.4 is 19.9 Å². The van der Waals surface area contributed by atoms with Crippen molar-refractivity contribution in [2.24, 2.45) is 5.14 Å². The van der Waals surface area contributed by atoms with Crippen molar-refractivity contribution in [2.45, 2.75) is 17.4 Å². The Morgan fingerprint density at radius 2 is 1.79 bits per heavy atom. The number of primary sulfonamides is 1. The molecule has 1 heterocycles. The molecule has 29 heavy (non-hydrogen) atoms. The Morgan fingerprint density at radius 3 is 2.48 bits per heavy atom. The number of ether oxygens (including phenoxy) is 3. The lowest BCUT2D eigenvalue weighted by atomic mass is 10.1. The van der Waals surface area contributed by atoms with E-state index >= 15 is 0 Å². The fourth-order valence-corrected chi connectivity index (χ4v) is 3.12. The molecule has 2 aromatic rings. The number of carbonyl (C=O) groups excluding carboxylic acids is 2. The van der Waals surface area contributed by atoms with E-state index in [-0.39, 0.29) is 11.5 Å². The molecule has 0 unspecified atom stereocenters. The van der Waals surface area contributed by atoms with Crippen LogP contribution in [0.15, 0.2) is 53.4 Å². The monoisotopic (exact) mass is 420 g/mol. The molecule has 0 saturated heterocycles. The smallest absolute Gasteiger partial charge is 0.351 e. The molecular weight excluding hydrogens is 400 g/mol. The molecule has 0 radical (unpaired) electrons. The minimum Gasteiger partial charge on any atom is -0.485 e. The third-order valence-corrected chi connectivity index (χ3v) is 5.03. The molecule has 0 aliphatic carbocycles. The van der Waals surface area contributed by atoms with Crippen LogP contribution in [0.3, 0.4) is 0 Å². The van der Waals surface area contributed by atoms with Gasteiger partial charge in [-0.05, 0) is 36.2 Å². The van der Waals surface area contributed by atoms with Crippen LogP contribution in [-0.4, -0.2) is 46.2 Å². The Balaban J connectivity index is 1.38. The van der Waals surface area contributed by atoms with Gasteiger partial charge >= 0.3 is 5.97 Å². The van der Waals surface area contributed by atoms with Gasteiger partial charge in [-0.1, -0.05) is 24.3 Å². The van der Waals surface area contributed by atoms with Gasteiger partial charge in [-0.25, -0.2) is 18.4 Å². The topological polar surface area (TPSA) is 134 Å². The minimum absolute atomic E-state index is 0.00593. The van der Waals surface area contributed by atoms with E-state index in [0.717, 1.165) is 5.56 Å². The van der Waals surface area contributed by atoms with Crippen LogP contribution in [0.4, 0.5) is 0 Å². The number of hydrogen-bond acceptors (Lipinski definition) is 7. The molecule has 0 spiro atoms. The molecule has 1 atom stereocenters. The van der Waals surface area contributed by atoms with E-state index in [4.69, 9.17) is 19.3 Å². The van der Waals surface area contributed by atoms with Gasteiger partial charge in [-0.2, -0.15) is 0 Å². The number of hydrogen-bond donors (Lipinski definition) is 2. The van der Waals surface area contributed by atoms with Gasteiger partial charge in [0.05, 0.1) is 4.90 Å². The van der Waals surface area contributed by atoms with Crippen molar-refractivity contribution in [3.63, 3.8) is 0 Å². The maximum Gasteiger partial charge on any atom is 0.351 e. The van der Waals surface area contributed by atoms with E-state index in [1.165, 1.54) is 12.1 Å². The second-order valence-electron chi connectivity index (χ2n) is 6.26. The summed E-state index contributed by atoms with van der Waals surface area (Å²) in [6.45, 7) is -0.141. The number of amides is 1. The second kappa shape index (κ2) is 8.93. The fraction of sp³-hybridized carbons (Fsp3) is 0.263. The standard InChI is InChI=1S/C19H20N2O7S/c20-29(24,25)14-7-5-13(6-8-14)9-10-21-18(22)12-27-19(23)17-11-26-15-3-1-2-4-16(15)28-17/h1-8,17H,9-12H2,(H,21,22)(H2,20,24,25)/t17-/m0/s1. The van der Waals surface area contributed by atoms with Gasteiger partial charge in [0.2, 0.25) is 16.1 Å². The number of nitrogens with one attached hydrogen (secondary N) is 1. The predicted molar refractivity (Wildman–Crippen MR) is 102 cm³/mol. The molecule has 0 bridgehead atoms. The van der Waals surface area contributed by atoms with E-state index in [0.29, 0.717) is 24.5 Å². The third-order valence-electron chi connectivity index (χ3n) is 4.10. The van der Waals surface area contributed by atoms with Crippen molar-refractivity contribution in [1.82, 2.24) is 5.32 Å². The van der Waals surface area contributed by atoms with Crippen molar-refractivity contribution in [1.29, 1.82) is 0 Å². The SMILES string of the molecule is NS(=O)(=O)c1ccc(CCNC(=O)COC(=O)[C@@H]2COc3ccccc3O2)cc1. The van der Waals surface area contributed by atoms with E-state index in [2.05, 4.69) is 5.32 Å². The number of sulfonamides is 1. The molecule has 3 N–H and O–H groups in total. The summed E-state index contributed by atoms with van der Waals surface area (Å²) in [5.41, 5.74) is 0.820. The van der Waals surface area contributed by atoms with Crippen LogP contribution in [-0.2, 0) is 30.8 Å². The number of rotatable bonds is 7. The molecule has 0 saturated carbocycles. The van der Waals surface area contributed by atoms with Crippen molar-refractivity contribution in [2.75, 3.05) is 19.8 Å². The maximum absolute atomic E-state index is 12.1. The number of esters is 1. The molecule has 10 heteroatoms. The summed E-state index contributed by atoms with van der Waals surface area (Å²) in [5.74, 6) is -0.158. The Kier molecular flexibility index (Phi) is 6.35. The minimum atomic E-state index is -3.73.